The lowest BCUT2D eigenvalue weighted by atomic mass is 10.2. The lowest BCUT2D eigenvalue weighted by Crippen LogP contribution is -2.27. The third-order valence-corrected chi connectivity index (χ3v) is 4.06. The number of carbonyl (C=O) groups is 1. The number of aromatic nitrogens is 2. The molecule has 1 aromatic carbocycles. The molecule has 1 amide bonds. The van der Waals surface area contributed by atoms with Crippen molar-refractivity contribution in [1.29, 1.82) is 0 Å². The first-order chi connectivity index (χ1) is 12.6. The van der Waals surface area contributed by atoms with Crippen LogP contribution in [0.1, 0.15) is 19.3 Å². The van der Waals surface area contributed by atoms with Gasteiger partial charge in [0.2, 0.25) is 5.91 Å². The maximum absolute atomic E-state index is 12.6. The lowest BCUT2D eigenvalue weighted by Gasteiger charge is -2.10. The number of benzene rings is 1. The fourth-order valence-corrected chi connectivity index (χ4v) is 2.64. The molecule has 8 heteroatoms. The number of nitrogens with one attached hydrogen (secondary N) is 2. The summed E-state index contributed by atoms with van der Waals surface area (Å²) >= 11 is 0. The summed E-state index contributed by atoms with van der Waals surface area (Å²) in [5.41, 5.74) is 0.386. The number of hydrogen-bond donors (Lipinski definition) is 2. The summed E-state index contributed by atoms with van der Waals surface area (Å²) in [4.78, 5) is 28.7. The maximum Gasteiger partial charge on any atom is 0.261 e. The first-order valence-electron chi connectivity index (χ1n) is 8.63. The Labute approximate surface area is 152 Å². The van der Waals surface area contributed by atoms with Gasteiger partial charge in [-0.25, -0.2) is 4.98 Å². The lowest BCUT2D eigenvalue weighted by molar-refractivity contribution is -0.121. The second kappa shape index (κ2) is 9.76. The maximum atomic E-state index is 12.6. The van der Waals surface area contributed by atoms with Crippen molar-refractivity contribution in [3.63, 3.8) is 0 Å². The summed E-state index contributed by atoms with van der Waals surface area (Å²) in [6, 6.07) is 3.31. The Morgan fingerprint density at radius 1 is 1.15 bits per heavy atom. The van der Waals surface area contributed by atoms with Crippen molar-refractivity contribution in [1.82, 2.24) is 20.2 Å². The highest BCUT2D eigenvalue weighted by Crippen LogP contribution is 2.29. The van der Waals surface area contributed by atoms with Crippen LogP contribution in [0.4, 0.5) is 0 Å². The molecule has 0 aliphatic heterocycles. The SMILES string of the molecule is CNCCCNC(=O)CCCn1cnc2cc(OC)c(OC)cc2c1=O. The number of fused-ring (bicyclic) bond motifs is 1. The fourth-order valence-electron chi connectivity index (χ4n) is 2.64. The van der Waals surface area contributed by atoms with Gasteiger partial charge in [-0.1, -0.05) is 0 Å². The topological polar surface area (TPSA) is 94.5 Å². The molecule has 0 aliphatic carbocycles. The predicted octanol–water partition coefficient (Wildman–Crippen LogP) is 0.920. The number of aryl methyl sites for hydroxylation is 1. The third kappa shape index (κ3) is 4.95. The average Bonchev–Trinajstić information content (AvgIpc) is 2.66. The van der Waals surface area contributed by atoms with Gasteiger partial charge in [-0.05, 0) is 32.5 Å². The van der Waals surface area contributed by atoms with E-state index in [-0.39, 0.29) is 11.5 Å². The number of amides is 1. The Bertz CT molecular complexity index is 804. The Morgan fingerprint density at radius 3 is 2.58 bits per heavy atom. The van der Waals surface area contributed by atoms with E-state index in [0.29, 0.717) is 48.3 Å². The number of hydrogen-bond acceptors (Lipinski definition) is 6. The minimum atomic E-state index is -0.162. The molecule has 26 heavy (non-hydrogen) atoms. The summed E-state index contributed by atoms with van der Waals surface area (Å²) in [6.07, 6.45) is 3.33. The first-order valence-corrected chi connectivity index (χ1v) is 8.63. The van der Waals surface area contributed by atoms with Crippen molar-refractivity contribution in [3.8, 4) is 11.5 Å². The summed E-state index contributed by atoms with van der Waals surface area (Å²) in [5.74, 6) is 1.01. The Kier molecular flexibility index (Phi) is 7.40. The zero-order valence-corrected chi connectivity index (χ0v) is 15.5. The van der Waals surface area contributed by atoms with Crippen LogP contribution in [-0.4, -0.2) is 49.8 Å². The molecule has 1 heterocycles. The highest BCUT2D eigenvalue weighted by atomic mass is 16.5. The standard InChI is InChI=1S/C18H26N4O4/c1-19-7-5-8-20-17(23)6-4-9-22-12-21-14-11-16(26-3)15(25-2)10-13(14)18(22)24/h10-12,19H,4-9H2,1-3H3,(H,20,23). The van der Waals surface area contributed by atoms with E-state index in [1.807, 2.05) is 7.05 Å². The van der Waals surface area contributed by atoms with E-state index in [9.17, 15) is 9.59 Å². The summed E-state index contributed by atoms with van der Waals surface area (Å²) in [5, 5.41) is 6.35. The van der Waals surface area contributed by atoms with Gasteiger partial charge in [0.05, 0.1) is 31.4 Å². The molecular formula is C18H26N4O4. The molecule has 0 saturated heterocycles. The predicted molar refractivity (Wildman–Crippen MR) is 99.9 cm³/mol. The smallest absolute Gasteiger partial charge is 0.261 e. The monoisotopic (exact) mass is 362 g/mol. The van der Waals surface area contributed by atoms with E-state index in [2.05, 4.69) is 15.6 Å². The van der Waals surface area contributed by atoms with Gasteiger partial charge in [0, 0.05) is 25.6 Å². The molecule has 0 aliphatic rings. The molecule has 2 rings (SSSR count). The molecule has 8 nitrogen and oxygen atoms in total. The third-order valence-electron chi connectivity index (χ3n) is 4.06. The van der Waals surface area contributed by atoms with E-state index in [4.69, 9.17) is 9.47 Å². The number of rotatable bonds is 10. The van der Waals surface area contributed by atoms with E-state index in [1.54, 1.807) is 12.1 Å². The van der Waals surface area contributed by atoms with Crippen molar-refractivity contribution in [2.45, 2.75) is 25.8 Å². The van der Waals surface area contributed by atoms with Crippen LogP contribution in [0.3, 0.4) is 0 Å². The fraction of sp³-hybridized carbons (Fsp3) is 0.500. The molecule has 142 valence electrons. The summed E-state index contributed by atoms with van der Waals surface area (Å²) < 4.78 is 12.0. The minimum absolute atomic E-state index is 0.00527. The van der Waals surface area contributed by atoms with E-state index in [1.165, 1.54) is 25.1 Å². The van der Waals surface area contributed by atoms with Gasteiger partial charge in [-0.3, -0.25) is 14.2 Å². The minimum Gasteiger partial charge on any atom is -0.493 e. The quantitative estimate of drug-likeness (QED) is 0.611. The van der Waals surface area contributed by atoms with E-state index >= 15 is 0 Å². The summed E-state index contributed by atoms with van der Waals surface area (Å²) in [7, 11) is 4.94. The van der Waals surface area contributed by atoms with Crippen LogP contribution < -0.4 is 25.7 Å². The van der Waals surface area contributed by atoms with Crippen LogP contribution in [0.15, 0.2) is 23.3 Å². The number of carbonyl (C=O) groups excluding carboxylic acids is 1. The van der Waals surface area contributed by atoms with Gasteiger partial charge in [-0.2, -0.15) is 0 Å². The number of methoxy groups -OCH3 is 2. The molecule has 0 radical (unpaired) electrons. The van der Waals surface area contributed by atoms with Gasteiger partial charge in [0.25, 0.3) is 5.56 Å². The van der Waals surface area contributed by atoms with Crippen LogP contribution in [0, 0.1) is 0 Å². The van der Waals surface area contributed by atoms with Gasteiger partial charge in [0.15, 0.2) is 11.5 Å². The second-order valence-corrected chi connectivity index (χ2v) is 5.88. The average molecular weight is 362 g/mol. The Hall–Kier alpha value is -2.61. The first kappa shape index (κ1) is 19.7. The van der Waals surface area contributed by atoms with Crippen molar-refractivity contribution >= 4 is 16.8 Å². The van der Waals surface area contributed by atoms with Crippen LogP contribution in [-0.2, 0) is 11.3 Å². The largest absolute Gasteiger partial charge is 0.493 e. The van der Waals surface area contributed by atoms with Gasteiger partial charge in [-0.15, -0.1) is 0 Å². The molecule has 1 aromatic heterocycles. The number of ether oxygens (including phenoxy) is 2. The van der Waals surface area contributed by atoms with Crippen LogP contribution in [0.25, 0.3) is 10.9 Å². The summed E-state index contributed by atoms with van der Waals surface area (Å²) in [6.45, 7) is 1.95. The molecule has 0 spiro atoms. The zero-order chi connectivity index (χ0) is 18.9. The van der Waals surface area contributed by atoms with Gasteiger partial charge in [0.1, 0.15) is 0 Å². The van der Waals surface area contributed by atoms with Crippen LogP contribution in [0.5, 0.6) is 11.5 Å². The highest BCUT2D eigenvalue weighted by molar-refractivity contribution is 5.81. The van der Waals surface area contributed by atoms with Gasteiger partial charge >= 0.3 is 0 Å². The van der Waals surface area contributed by atoms with Crippen molar-refractivity contribution in [3.05, 3.63) is 28.8 Å². The molecule has 0 bridgehead atoms. The molecular weight excluding hydrogens is 336 g/mol. The number of nitrogens with zero attached hydrogens (tertiary/aromatic N) is 2. The van der Waals surface area contributed by atoms with Crippen molar-refractivity contribution in [2.75, 3.05) is 34.4 Å². The van der Waals surface area contributed by atoms with Crippen LogP contribution >= 0.6 is 0 Å². The van der Waals surface area contributed by atoms with Crippen molar-refractivity contribution in [2.24, 2.45) is 0 Å². The van der Waals surface area contributed by atoms with Gasteiger partial charge < -0.3 is 20.1 Å². The molecule has 0 saturated carbocycles. The molecule has 0 fully saturated rings. The highest BCUT2D eigenvalue weighted by Gasteiger charge is 2.11. The Balaban J connectivity index is 2.01. The van der Waals surface area contributed by atoms with Crippen LogP contribution in [0.2, 0.25) is 0 Å². The zero-order valence-electron chi connectivity index (χ0n) is 15.5. The molecule has 0 unspecified atom stereocenters. The second-order valence-electron chi connectivity index (χ2n) is 5.88. The van der Waals surface area contributed by atoms with E-state index < -0.39 is 0 Å². The normalized spacial score (nSPS) is 10.7. The molecule has 0 atom stereocenters. The Morgan fingerprint density at radius 2 is 1.88 bits per heavy atom. The van der Waals surface area contributed by atoms with E-state index in [0.717, 1.165) is 13.0 Å². The molecule has 2 N–H and O–H groups in total. The molecule has 2 aromatic rings. The van der Waals surface area contributed by atoms with Crippen molar-refractivity contribution < 1.29 is 14.3 Å².